The lowest BCUT2D eigenvalue weighted by atomic mass is 10.1. The van der Waals surface area contributed by atoms with E-state index in [1.807, 2.05) is 36.9 Å². The average molecular weight is 433 g/mol. The second-order valence-corrected chi connectivity index (χ2v) is 7.84. The molecule has 0 spiro atoms. The minimum absolute atomic E-state index is 0.0412. The Morgan fingerprint density at radius 3 is 2.29 bits per heavy atom. The highest BCUT2D eigenvalue weighted by Gasteiger charge is 2.38. The Balaban J connectivity index is 1.44. The zero-order valence-electron chi connectivity index (χ0n) is 17.1. The van der Waals surface area contributed by atoms with Crippen LogP contribution in [0.3, 0.4) is 0 Å². The summed E-state index contributed by atoms with van der Waals surface area (Å²) in [5, 5.41) is 13.9. The van der Waals surface area contributed by atoms with Gasteiger partial charge in [0, 0.05) is 31.7 Å². The van der Waals surface area contributed by atoms with Gasteiger partial charge < -0.3 is 10.2 Å². The number of halogens is 3. The summed E-state index contributed by atoms with van der Waals surface area (Å²) in [6.07, 6.45) is -4.63. The predicted octanol–water partition coefficient (Wildman–Crippen LogP) is 2.43. The lowest BCUT2D eigenvalue weighted by Gasteiger charge is -2.44. The maximum absolute atomic E-state index is 13.1. The number of amides is 1. The first-order chi connectivity index (χ1) is 14.6. The number of hydrogen-bond acceptors (Lipinski definition) is 6. The maximum Gasteiger partial charge on any atom is 0.453 e. The van der Waals surface area contributed by atoms with Crippen molar-refractivity contribution in [3.05, 3.63) is 53.9 Å². The topological polar surface area (TPSA) is 78.7 Å². The molecule has 1 saturated heterocycles. The van der Waals surface area contributed by atoms with Gasteiger partial charge >= 0.3 is 6.18 Å². The molecule has 0 atom stereocenters. The molecule has 1 fully saturated rings. The monoisotopic (exact) mass is 433 g/mol. The number of nitrogens with zero attached hydrogens (tertiary/aromatic N) is 6. The van der Waals surface area contributed by atoms with E-state index in [9.17, 15) is 18.0 Å². The predicted molar refractivity (Wildman–Crippen MR) is 108 cm³/mol. The number of fused-ring (bicyclic) bond motifs is 1. The highest BCUT2D eigenvalue weighted by atomic mass is 19.4. The zero-order chi connectivity index (χ0) is 22.2. The largest absolute Gasteiger partial charge is 0.453 e. The van der Waals surface area contributed by atoms with Crippen LogP contribution in [0.4, 0.5) is 19.0 Å². The van der Waals surface area contributed by atoms with Crippen LogP contribution < -0.4 is 10.2 Å². The van der Waals surface area contributed by atoms with E-state index in [-0.39, 0.29) is 11.6 Å². The van der Waals surface area contributed by atoms with E-state index >= 15 is 0 Å². The number of carbonyl (C=O) groups is 1. The summed E-state index contributed by atoms with van der Waals surface area (Å²) in [7, 11) is 0. The molecule has 1 amide bonds. The second kappa shape index (κ2) is 7.80. The third-order valence-corrected chi connectivity index (χ3v) is 5.35. The van der Waals surface area contributed by atoms with Gasteiger partial charge in [-0.25, -0.2) is 0 Å². The third-order valence-electron chi connectivity index (χ3n) is 5.35. The number of nitrogens with one attached hydrogen (secondary N) is 1. The van der Waals surface area contributed by atoms with Crippen LogP contribution in [0.5, 0.6) is 0 Å². The van der Waals surface area contributed by atoms with Gasteiger partial charge in [0.1, 0.15) is 5.82 Å². The van der Waals surface area contributed by atoms with Crippen LogP contribution >= 0.6 is 0 Å². The second-order valence-electron chi connectivity index (χ2n) is 7.84. The number of anilines is 1. The van der Waals surface area contributed by atoms with Crippen LogP contribution in [0.25, 0.3) is 5.65 Å². The summed E-state index contributed by atoms with van der Waals surface area (Å²) in [5.74, 6) is -0.885. The number of carbonyl (C=O) groups excluding carboxylic acids is 1. The summed E-state index contributed by atoms with van der Waals surface area (Å²) >= 11 is 0. The number of rotatable bonds is 4. The lowest BCUT2D eigenvalue weighted by molar-refractivity contribution is -0.146. The number of hydrogen-bond donors (Lipinski definition) is 1. The van der Waals surface area contributed by atoms with Crippen molar-refractivity contribution < 1.29 is 18.0 Å². The molecule has 31 heavy (non-hydrogen) atoms. The van der Waals surface area contributed by atoms with Crippen molar-refractivity contribution in [2.45, 2.75) is 25.7 Å². The Bertz CT molecular complexity index is 1070. The molecule has 1 aromatic carbocycles. The molecule has 8 nitrogen and oxygen atoms in total. The molecule has 0 saturated carbocycles. The summed E-state index contributed by atoms with van der Waals surface area (Å²) in [6, 6.07) is 12.1. The van der Waals surface area contributed by atoms with Crippen LogP contribution in [0.2, 0.25) is 0 Å². The van der Waals surface area contributed by atoms with Crippen LogP contribution in [0, 0.1) is 0 Å². The minimum Gasteiger partial charge on any atom is -0.353 e. The van der Waals surface area contributed by atoms with Crippen molar-refractivity contribution in [3.63, 3.8) is 0 Å². The van der Waals surface area contributed by atoms with Crippen LogP contribution in [-0.2, 0) is 6.18 Å². The number of piperazine rings is 1. The Kier molecular flexibility index (Phi) is 5.29. The van der Waals surface area contributed by atoms with Crippen molar-refractivity contribution >= 4 is 17.4 Å². The van der Waals surface area contributed by atoms with E-state index in [0.29, 0.717) is 37.6 Å². The van der Waals surface area contributed by atoms with Gasteiger partial charge in [0.15, 0.2) is 5.65 Å². The van der Waals surface area contributed by atoms with Crippen LogP contribution in [-0.4, -0.2) is 62.5 Å². The Morgan fingerprint density at radius 2 is 1.65 bits per heavy atom. The molecule has 1 aliphatic rings. The first-order valence-corrected chi connectivity index (χ1v) is 9.82. The van der Waals surface area contributed by atoms with Gasteiger partial charge in [0.25, 0.3) is 11.7 Å². The normalized spacial score (nSPS) is 16.0. The minimum atomic E-state index is -4.63. The molecule has 0 bridgehead atoms. The first-order valence-electron chi connectivity index (χ1n) is 9.82. The van der Waals surface area contributed by atoms with Crippen molar-refractivity contribution in [1.29, 1.82) is 0 Å². The number of benzene rings is 1. The molecule has 3 heterocycles. The molecule has 164 valence electrons. The zero-order valence-corrected chi connectivity index (χ0v) is 17.1. The molecule has 0 aliphatic carbocycles. The van der Waals surface area contributed by atoms with E-state index in [4.69, 9.17) is 0 Å². The summed E-state index contributed by atoms with van der Waals surface area (Å²) < 4.78 is 40.1. The number of aromatic nitrogens is 4. The van der Waals surface area contributed by atoms with Gasteiger partial charge in [-0.2, -0.15) is 17.7 Å². The van der Waals surface area contributed by atoms with E-state index < -0.39 is 17.7 Å². The smallest absolute Gasteiger partial charge is 0.353 e. The number of alkyl halides is 3. The van der Waals surface area contributed by atoms with Gasteiger partial charge in [-0.3, -0.25) is 9.69 Å². The lowest BCUT2D eigenvalue weighted by Crippen LogP contribution is -2.62. The first kappa shape index (κ1) is 21.0. The van der Waals surface area contributed by atoms with Crippen LogP contribution in [0.1, 0.15) is 30.0 Å². The van der Waals surface area contributed by atoms with E-state index in [1.165, 1.54) is 6.07 Å². The molecule has 1 N–H and O–H groups in total. The van der Waals surface area contributed by atoms with E-state index in [0.717, 1.165) is 4.52 Å². The highest BCUT2D eigenvalue weighted by molar-refractivity contribution is 5.94. The van der Waals surface area contributed by atoms with Crippen molar-refractivity contribution in [3.8, 4) is 0 Å². The summed E-state index contributed by atoms with van der Waals surface area (Å²) in [5.41, 5.74) is 0.0364. The molecule has 0 unspecified atom stereocenters. The van der Waals surface area contributed by atoms with Crippen molar-refractivity contribution in [1.82, 2.24) is 30.0 Å². The molecular weight excluding hydrogens is 411 g/mol. The van der Waals surface area contributed by atoms with Crippen LogP contribution in [0.15, 0.2) is 42.5 Å². The Hall–Kier alpha value is -3.21. The van der Waals surface area contributed by atoms with Gasteiger partial charge in [0.2, 0.25) is 0 Å². The molecule has 1 aliphatic heterocycles. The quantitative estimate of drug-likeness (QED) is 0.681. The summed E-state index contributed by atoms with van der Waals surface area (Å²) in [4.78, 5) is 16.6. The third kappa shape index (κ3) is 4.31. The maximum atomic E-state index is 13.1. The highest BCUT2D eigenvalue weighted by Crippen LogP contribution is 2.28. The SMILES string of the molecule is CC(C)(NC(=O)c1ccccc1)N1CCN(c2ccc3nnc(C(F)(F)F)n3n2)CC1. The molecule has 0 radical (unpaired) electrons. The Labute approximate surface area is 176 Å². The van der Waals surface area contributed by atoms with Crippen molar-refractivity contribution in [2.24, 2.45) is 0 Å². The van der Waals surface area contributed by atoms with Crippen molar-refractivity contribution in [2.75, 3.05) is 31.1 Å². The van der Waals surface area contributed by atoms with E-state index in [2.05, 4.69) is 25.5 Å². The standard InChI is InChI=1S/C20H22F3N7O/c1-19(2,24-17(31)14-6-4-3-5-7-14)29-12-10-28(11-13-29)16-9-8-15-25-26-18(20(21,22)23)30(15)27-16/h3-9H,10-13H2,1-2H3,(H,24,31). The fraction of sp³-hybridized carbons (Fsp3) is 0.400. The molecule has 11 heteroatoms. The molecule has 3 aromatic rings. The fourth-order valence-corrected chi connectivity index (χ4v) is 3.64. The molecule has 2 aromatic heterocycles. The molecular formula is C20H22F3N7O. The van der Waals surface area contributed by atoms with Gasteiger partial charge in [-0.05, 0) is 38.1 Å². The fourth-order valence-electron chi connectivity index (χ4n) is 3.64. The summed E-state index contributed by atoms with van der Waals surface area (Å²) in [6.45, 7) is 6.17. The van der Waals surface area contributed by atoms with Gasteiger partial charge in [-0.1, -0.05) is 18.2 Å². The van der Waals surface area contributed by atoms with Gasteiger partial charge in [0.05, 0.1) is 5.66 Å². The molecule has 4 rings (SSSR count). The Morgan fingerprint density at radius 1 is 0.968 bits per heavy atom. The average Bonchev–Trinajstić information content (AvgIpc) is 3.18. The van der Waals surface area contributed by atoms with E-state index in [1.54, 1.807) is 18.2 Å². The van der Waals surface area contributed by atoms with Gasteiger partial charge in [-0.15, -0.1) is 15.3 Å².